The van der Waals surface area contributed by atoms with E-state index in [9.17, 15) is 4.79 Å². The maximum Gasteiger partial charge on any atom is 0.303 e. The molecular weight excluding hydrogens is 220 g/mol. The fraction of sp³-hybridized carbons (Fsp3) is 0.667. The Labute approximate surface area is 101 Å². The van der Waals surface area contributed by atoms with Gasteiger partial charge >= 0.3 is 5.97 Å². The predicted octanol–water partition coefficient (Wildman–Crippen LogP) is 2.05. The van der Waals surface area contributed by atoms with Crippen LogP contribution in [0.25, 0.3) is 0 Å². The number of ether oxygens (including phenoxy) is 1. The van der Waals surface area contributed by atoms with Crippen LogP contribution in [0.15, 0.2) is 0 Å². The highest BCUT2D eigenvalue weighted by molar-refractivity contribution is 5.67. The molecule has 0 aliphatic heterocycles. The highest BCUT2D eigenvalue weighted by Gasteiger charge is 2.20. The van der Waals surface area contributed by atoms with Crippen molar-refractivity contribution < 1.29 is 14.6 Å². The van der Waals surface area contributed by atoms with E-state index in [-0.39, 0.29) is 12.3 Å². The van der Waals surface area contributed by atoms with Gasteiger partial charge in [-0.15, -0.1) is 0 Å². The van der Waals surface area contributed by atoms with E-state index in [0.717, 1.165) is 17.8 Å². The Bertz CT molecular complexity index is 397. The number of carboxylic acid groups (broad SMARTS) is 1. The molecule has 0 aliphatic rings. The molecule has 1 aromatic heterocycles. The summed E-state index contributed by atoms with van der Waals surface area (Å²) in [4.78, 5) is 10.7. The van der Waals surface area contributed by atoms with Crippen LogP contribution in [0, 0.1) is 0 Å². The highest BCUT2D eigenvalue weighted by Crippen LogP contribution is 2.28. The topological polar surface area (TPSA) is 64.4 Å². The Balaban J connectivity index is 3.11. The van der Waals surface area contributed by atoms with Gasteiger partial charge in [-0.05, 0) is 19.3 Å². The average Bonchev–Trinajstić information content (AvgIpc) is 2.63. The maximum atomic E-state index is 10.7. The van der Waals surface area contributed by atoms with E-state index in [0.29, 0.717) is 12.3 Å². The van der Waals surface area contributed by atoms with Gasteiger partial charge in [-0.1, -0.05) is 13.8 Å². The van der Waals surface area contributed by atoms with E-state index < -0.39 is 5.97 Å². The van der Waals surface area contributed by atoms with E-state index >= 15 is 0 Å². The van der Waals surface area contributed by atoms with Crippen LogP contribution < -0.4 is 4.74 Å². The Hall–Kier alpha value is -1.52. The molecule has 96 valence electrons. The molecular formula is C12H20N2O3. The van der Waals surface area contributed by atoms with Gasteiger partial charge < -0.3 is 9.84 Å². The molecule has 0 amide bonds. The van der Waals surface area contributed by atoms with E-state index in [4.69, 9.17) is 9.84 Å². The van der Waals surface area contributed by atoms with Crippen LogP contribution in [-0.2, 0) is 17.8 Å². The third kappa shape index (κ3) is 2.99. The largest absolute Gasteiger partial charge is 0.481 e. The number of hydrogen-bond acceptors (Lipinski definition) is 3. The minimum absolute atomic E-state index is 0.103. The monoisotopic (exact) mass is 240 g/mol. The van der Waals surface area contributed by atoms with Crippen molar-refractivity contribution in [3.63, 3.8) is 0 Å². The van der Waals surface area contributed by atoms with Crippen molar-refractivity contribution in [2.75, 3.05) is 7.11 Å². The summed E-state index contributed by atoms with van der Waals surface area (Å²) in [6, 6.07) is 0. The zero-order valence-corrected chi connectivity index (χ0v) is 10.9. The number of methoxy groups -OCH3 is 1. The second-order valence-electron chi connectivity index (χ2n) is 4.24. The lowest BCUT2D eigenvalue weighted by atomic mass is 10.0. The van der Waals surface area contributed by atoms with Crippen LogP contribution >= 0.6 is 0 Å². The molecule has 0 atom stereocenters. The standard InChI is InChI=1S/C12H20N2O3/c1-5-14-12(17-4)9(6-7-10(15)16)11(13-14)8(2)3/h8H,5-7H2,1-4H3,(H,15,16). The molecule has 5 nitrogen and oxygen atoms in total. The molecule has 5 heteroatoms. The quantitative estimate of drug-likeness (QED) is 0.826. The summed E-state index contributed by atoms with van der Waals surface area (Å²) in [5.74, 6) is 0.156. The molecule has 0 unspecified atom stereocenters. The van der Waals surface area contributed by atoms with Crippen LogP contribution in [0.4, 0.5) is 0 Å². The first kappa shape index (κ1) is 13.5. The molecule has 0 aromatic carbocycles. The van der Waals surface area contributed by atoms with Gasteiger partial charge in [-0.3, -0.25) is 4.79 Å². The number of aryl methyl sites for hydroxylation is 1. The third-order valence-electron chi connectivity index (χ3n) is 2.66. The van der Waals surface area contributed by atoms with Crippen molar-refractivity contribution in [2.24, 2.45) is 0 Å². The summed E-state index contributed by atoms with van der Waals surface area (Å²) in [6.45, 7) is 6.80. The lowest BCUT2D eigenvalue weighted by Crippen LogP contribution is -2.02. The highest BCUT2D eigenvalue weighted by atomic mass is 16.5. The van der Waals surface area contributed by atoms with Gasteiger partial charge in [0.15, 0.2) is 0 Å². The van der Waals surface area contributed by atoms with Gasteiger partial charge in [0.25, 0.3) is 0 Å². The number of carboxylic acids is 1. The molecule has 1 rings (SSSR count). The van der Waals surface area contributed by atoms with Crippen LogP contribution in [0.2, 0.25) is 0 Å². The van der Waals surface area contributed by atoms with Gasteiger partial charge in [-0.2, -0.15) is 5.10 Å². The summed E-state index contributed by atoms with van der Waals surface area (Å²) in [5, 5.41) is 13.2. The molecule has 17 heavy (non-hydrogen) atoms. The van der Waals surface area contributed by atoms with E-state index in [2.05, 4.69) is 5.10 Å². The number of nitrogens with zero attached hydrogens (tertiary/aromatic N) is 2. The van der Waals surface area contributed by atoms with Crippen molar-refractivity contribution in [1.29, 1.82) is 0 Å². The summed E-state index contributed by atoms with van der Waals surface area (Å²) in [6.07, 6.45) is 0.567. The first-order chi connectivity index (χ1) is 8.01. The Morgan fingerprint density at radius 2 is 2.18 bits per heavy atom. The molecule has 0 spiro atoms. The lowest BCUT2D eigenvalue weighted by Gasteiger charge is -2.06. The average molecular weight is 240 g/mol. The lowest BCUT2D eigenvalue weighted by molar-refractivity contribution is -0.136. The number of hydrogen-bond donors (Lipinski definition) is 1. The van der Waals surface area contributed by atoms with Crippen molar-refractivity contribution in [3.8, 4) is 5.88 Å². The number of aliphatic carboxylic acids is 1. The second-order valence-corrected chi connectivity index (χ2v) is 4.24. The normalized spacial score (nSPS) is 10.9. The smallest absolute Gasteiger partial charge is 0.303 e. The van der Waals surface area contributed by atoms with Gasteiger partial charge in [-0.25, -0.2) is 4.68 Å². The summed E-state index contributed by atoms with van der Waals surface area (Å²) in [5.41, 5.74) is 1.86. The molecule has 0 aliphatic carbocycles. The minimum Gasteiger partial charge on any atom is -0.481 e. The van der Waals surface area contributed by atoms with Gasteiger partial charge in [0.1, 0.15) is 0 Å². The minimum atomic E-state index is -0.800. The summed E-state index contributed by atoms with van der Waals surface area (Å²) < 4.78 is 7.12. The molecule has 0 bridgehead atoms. The molecule has 1 N–H and O–H groups in total. The van der Waals surface area contributed by atoms with Crippen LogP contribution in [0.3, 0.4) is 0 Å². The molecule has 0 radical (unpaired) electrons. The number of aromatic nitrogens is 2. The Morgan fingerprint density at radius 3 is 2.59 bits per heavy atom. The van der Waals surface area contributed by atoms with Gasteiger partial charge in [0.05, 0.1) is 12.8 Å². The predicted molar refractivity (Wildman–Crippen MR) is 64.5 cm³/mol. The van der Waals surface area contributed by atoms with Crippen LogP contribution in [0.1, 0.15) is 44.4 Å². The number of rotatable bonds is 6. The Kier molecular flexibility index (Phi) is 4.54. The molecule has 0 saturated carbocycles. The van der Waals surface area contributed by atoms with E-state index in [1.165, 1.54) is 0 Å². The van der Waals surface area contributed by atoms with Crippen molar-refractivity contribution in [3.05, 3.63) is 11.3 Å². The number of carbonyl (C=O) groups is 1. The van der Waals surface area contributed by atoms with Gasteiger partial charge in [0.2, 0.25) is 5.88 Å². The van der Waals surface area contributed by atoms with E-state index in [1.54, 1.807) is 11.8 Å². The zero-order chi connectivity index (χ0) is 13.0. The van der Waals surface area contributed by atoms with Crippen molar-refractivity contribution in [1.82, 2.24) is 9.78 Å². The fourth-order valence-electron chi connectivity index (χ4n) is 1.87. The van der Waals surface area contributed by atoms with Crippen molar-refractivity contribution in [2.45, 2.75) is 46.1 Å². The van der Waals surface area contributed by atoms with E-state index in [1.807, 2.05) is 20.8 Å². The SMILES string of the molecule is CCn1nc(C(C)C)c(CCC(=O)O)c1OC. The molecule has 1 heterocycles. The second kappa shape index (κ2) is 5.70. The Morgan fingerprint density at radius 1 is 1.53 bits per heavy atom. The van der Waals surface area contributed by atoms with Crippen LogP contribution in [0.5, 0.6) is 5.88 Å². The first-order valence-corrected chi connectivity index (χ1v) is 5.86. The summed E-state index contributed by atoms with van der Waals surface area (Å²) >= 11 is 0. The van der Waals surface area contributed by atoms with Crippen LogP contribution in [-0.4, -0.2) is 28.0 Å². The van der Waals surface area contributed by atoms with Crippen molar-refractivity contribution >= 4 is 5.97 Å². The third-order valence-corrected chi connectivity index (χ3v) is 2.66. The zero-order valence-electron chi connectivity index (χ0n) is 10.9. The molecule has 0 fully saturated rings. The molecule has 1 aromatic rings. The summed E-state index contributed by atoms with van der Waals surface area (Å²) in [7, 11) is 1.59. The van der Waals surface area contributed by atoms with Gasteiger partial charge in [0, 0.05) is 18.5 Å². The first-order valence-electron chi connectivity index (χ1n) is 5.86. The maximum absolute atomic E-state index is 10.7. The molecule has 0 saturated heterocycles. The fourth-order valence-corrected chi connectivity index (χ4v) is 1.87.